The van der Waals surface area contributed by atoms with Crippen LogP contribution in [0.2, 0.25) is 5.02 Å². The lowest BCUT2D eigenvalue weighted by Crippen LogP contribution is -2.42. The molecular weight excluding hydrogens is 436 g/mol. The number of nitrogens with zero attached hydrogens (tertiary/aromatic N) is 1. The summed E-state index contributed by atoms with van der Waals surface area (Å²) >= 11 is 5.92. The van der Waals surface area contributed by atoms with Crippen LogP contribution in [0.1, 0.15) is 25.0 Å². The van der Waals surface area contributed by atoms with E-state index >= 15 is 0 Å². The first kappa shape index (κ1) is 21.3. The van der Waals surface area contributed by atoms with Gasteiger partial charge in [-0.1, -0.05) is 41.0 Å². The van der Waals surface area contributed by atoms with Gasteiger partial charge in [0, 0.05) is 27.4 Å². The minimum absolute atomic E-state index is 0.251. The van der Waals surface area contributed by atoms with Crippen molar-refractivity contribution in [3.63, 3.8) is 0 Å². The molecule has 1 aliphatic rings. The quantitative estimate of drug-likeness (QED) is 0.368. The van der Waals surface area contributed by atoms with Gasteiger partial charge in [-0.2, -0.15) is 0 Å². The maximum atomic E-state index is 12.8. The third-order valence-electron chi connectivity index (χ3n) is 5.84. The summed E-state index contributed by atoms with van der Waals surface area (Å²) in [6, 6.07) is 22.8. The number of aryl methyl sites for hydroxylation is 1. The molecular formula is C27H23ClN2O3. The van der Waals surface area contributed by atoms with Crippen LogP contribution < -0.4 is 10.1 Å². The molecule has 1 aromatic heterocycles. The number of ether oxygens (including phenoxy) is 1. The number of amides is 1. The Morgan fingerprint density at radius 3 is 2.48 bits per heavy atom. The zero-order chi connectivity index (χ0) is 23.0. The second-order valence-electron chi connectivity index (χ2n) is 8.59. The van der Waals surface area contributed by atoms with E-state index in [-0.39, 0.29) is 5.91 Å². The summed E-state index contributed by atoms with van der Waals surface area (Å²) in [4.78, 5) is 12.8. The number of carbonyl (C=O) groups is 1. The Labute approximate surface area is 197 Å². The zero-order valence-corrected chi connectivity index (χ0v) is 19.1. The Morgan fingerprint density at radius 2 is 1.73 bits per heavy atom. The van der Waals surface area contributed by atoms with Crippen LogP contribution in [0.4, 0.5) is 5.69 Å². The number of fused-ring (bicyclic) bond motifs is 3. The van der Waals surface area contributed by atoms with Gasteiger partial charge in [0.15, 0.2) is 11.4 Å². The molecule has 6 heteroatoms. The first-order valence-electron chi connectivity index (χ1n) is 10.8. The number of hydrogen-bond acceptors (Lipinski definition) is 4. The predicted octanol–water partition coefficient (Wildman–Crippen LogP) is 6.56. The molecule has 0 saturated carbocycles. The van der Waals surface area contributed by atoms with Crippen LogP contribution in [0, 0.1) is 0 Å². The number of rotatable bonds is 5. The highest BCUT2D eigenvalue weighted by atomic mass is 35.5. The summed E-state index contributed by atoms with van der Waals surface area (Å²) in [5, 5.41) is 7.89. The van der Waals surface area contributed by atoms with E-state index in [9.17, 15) is 4.79 Å². The number of halogens is 1. The molecule has 5 rings (SSSR count). The fraction of sp³-hybridized carbons (Fsp3) is 0.185. The minimum Gasteiger partial charge on any atom is -0.478 e. The van der Waals surface area contributed by atoms with Crippen molar-refractivity contribution in [1.29, 1.82) is 0 Å². The van der Waals surface area contributed by atoms with E-state index in [1.807, 2.05) is 30.3 Å². The Hall–Kier alpha value is -3.57. The van der Waals surface area contributed by atoms with Crippen LogP contribution >= 0.6 is 11.6 Å². The fourth-order valence-electron chi connectivity index (χ4n) is 4.04. The second kappa shape index (κ2) is 8.41. The number of carbonyl (C=O) groups excluding carboxylic acids is 1. The number of nitrogens with one attached hydrogen (secondary N) is 1. The van der Waals surface area contributed by atoms with Crippen molar-refractivity contribution in [2.24, 2.45) is 0 Å². The van der Waals surface area contributed by atoms with E-state index in [1.54, 1.807) is 38.1 Å². The van der Waals surface area contributed by atoms with Crippen molar-refractivity contribution < 1.29 is 14.1 Å². The largest absolute Gasteiger partial charge is 0.478 e. The lowest BCUT2D eigenvalue weighted by Gasteiger charge is -2.25. The molecule has 1 aliphatic carbocycles. The highest BCUT2D eigenvalue weighted by molar-refractivity contribution is 6.30. The van der Waals surface area contributed by atoms with Gasteiger partial charge in [-0.25, -0.2) is 0 Å². The van der Waals surface area contributed by atoms with Gasteiger partial charge in [0.25, 0.3) is 5.91 Å². The van der Waals surface area contributed by atoms with Gasteiger partial charge in [0.2, 0.25) is 0 Å². The van der Waals surface area contributed by atoms with E-state index < -0.39 is 5.60 Å². The lowest BCUT2D eigenvalue weighted by atomic mass is 9.88. The molecule has 0 spiro atoms. The van der Waals surface area contributed by atoms with Crippen molar-refractivity contribution in [2.45, 2.75) is 32.3 Å². The first-order valence-corrected chi connectivity index (χ1v) is 11.2. The van der Waals surface area contributed by atoms with Gasteiger partial charge in [0.1, 0.15) is 11.4 Å². The highest BCUT2D eigenvalue weighted by Crippen LogP contribution is 2.38. The average molecular weight is 459 g/mol. The Kier molecular flexibility index (Phi) is 5.43. The Bertz CT molecular complexity index is 1310. The second-order valence-corrected chi connectivity index (χ2v) is 9.03. The van der Waals surface area contributed by atoms with Crippen molar-refractivity contribution in [1.82, 2.24) is 5.16 Å². The van der Waals surface area contributed by atoms with Gasteiger partial charge in [-0.3, -0.25) is 4.79 Å². The molecule has 1 amide bonds. The summed E-state index contributed by atoms with van der Waals surface area (Å²) in [5.74, 6) is 1.11. The third-order valence-corrected chi connectivity index (χ3v) is 6.10. The molecule has 1 N–H and O–H groups in total. The van der Waals surface area contributed by atoms with E-state index in [2.05, 4.69) is 28.7 Å². The summed E-state index contributed by atoms with van der Waals surface area (Å²) in [7, 11) is 0. The molecule has 0 bridgehead atoms. The average Bonchev–Trinajstić information content (AvgIpc) is 3.26. The summed E-state index contributed by atoms with van der Waals surface area (Å²) < 4.78 is 11.6. The monoisotopic (exact) mass is 458 g/mol. The smallest absolute Gasteiger partial charge is 0.267 e. The van der Waals surface area contributed by atoms with Crippen molar-refractivity contribution in [2.75, 3.05) is 5.32 Å². The van der Waals surface area contributed by atoms with E-state index in [1.165, 1.54) is 5.56 Å². The van der Waals surface area contributed by atoms with Gasteiger partial charge in [-0.15, -0.1) is 0 Å². The van der Waals surface area contributed by atoms with E-state index in [0.29, 0.717) is 16.5 Å². The topological polar surface area (TPSA) is 64.4 Å². The Morgan fingerprint density at radius 1 is 1.00 bits per heavy atom. The van der Waals surface area contributed by atoms with Crippen molar-refractivity contribution in [3.05, 3.63) is 88.9 Å². The summed E-state index contributed by atoms with van der Waals surface area (Å²) in [6.07, 6.45) is 1.86. The third kappa shape index (κ3) is 4.24. The molecule has 0 radical (unpaired) electrons. The van der Waals surface area contributed by atoms with Crippen LogP contribution in [0.5, 0.6) is 5.75 Å². The zero-order valence-electron chi connectivity index (χ0n) is 18.4. The number of benzene rings is 3. The van der Waals surface area contributed by atoms with E-state index in [4.69, 9.17) is 20.9 Å². The number of hydrogen-bond donors (Lipinski definition) is 1. The number of anilines is 1. The molecule has 0 saturated heterocycles. The van der Waals surface area contributed by atoms with Crippen LogP contribution in [0.15, 0.2) is 77.3 Å². The standard InChI is InChI=1S/C27H23ClN2O3/c1-27(2,32-21-14-10-19(28)11-15-21)26(31)29-20-12-7-18(8-13-20)25-23-16-9-17-5-3-4-6-22(17)24(23)30-33-25/h3-8,10-15H,9,16H2,1-2H3,(H,29,31). The van der Waals surface area contributed by atoms with Crippen molar-refractivity contribution in [3.8, 4) is 28.3 Å². The molecule has 5 nitrogen and oxygen atoms in total. The van der Waals surface area contributed by atoms with Crippen LogP contribution in [-0.4, -0.2) is 16.7 Å². The number of aromatic nitrogens is 1. The lowest BCUT2D eigenvalue weighted by molar-refractivity contribution is -0.128. The fourth-order valence-corrected chi connectivity index (χ4v) is 4.16. The van der Waals surface area contributed by atoms with Crippen LogP contribution in [0.3, 0.4) is 0 Å². The maximum absolute atomic E-state index is 12.8. The minimum atomic E-state index is -1.07. The molecule has 1 heterocycles. The van der Waals surface area contributed by atoms with Gasteiger partial charge < -0.3 is 14.6 Å². The molecule has 33 heavy (non-hydrogen) atoms. The maximum Gasteiger partial charge on any atom is 0.267 e. The summed E-state index contributed by atoms with van der Waals surface area (Å²) in [6.45, 7) is 3.45. The SMILES string of the molecule is CC(C)(Oc1ccc(Cl)cc1)C(=O)Nc1ccc(-c2onc3c2CCc2ccccc2-3)cc1. The van der Waals surface area contributed by atoms with Crippen LogP contribution in [0.25, 0.3) is 22.6 Å². The molecule has 0 atom stereocenters. The molecule has 166 valence electrons. The Balaban J connectivity index is 1.31. The van der Waals surface area contributed by atoms with Gasteiger partial charge in [0.05, 0.1) is 0 Å². The highest BCUT2D eigenvalue weighted by Gasteiger charge is 2.30. The van der Waals surface area contributed by atoms with Gasteiger partial charge >= 0.3 is 0 Å². The van der Waals surface area contributed by atoms with Crippen molar-refractivity contribution >= 4 is 23.2 Å². The predicted molar refractivity (Wildman–Crippen MR) is 130 cm³/mol. The summed E-state index contributed by atoms with van der Waals surface area (Å²) in [5.41, 5.74) is 5.03. The molecule has 0 aliphatic heterocycles. The normalized spacial score (nSPS) is 12.6. The molecule has 0 fully saturated rings. The van der Waals surface area contributed by atoms with Gasteiger partial charge in [-0.05, 0) is 80.8 Å². The molecule has 4 aromatic rings. The first-order chi connectivity index (χ1) is 15.9. The van der Waals surface area contributed by atoms with Crippen LogP contribution in [-0.2, 0) is 17.6 Å². The van der Waals surface area contributed by atoms with E-state index in [0.717, 1.165) is 41.0 Å². The molecule has 3 aromatic carbocycles. The molecule has 0 unspecified atom stereocenters.